The first-order valence-electron chi connectivity index (χ1n) is 5.72. The van der Waals surface area contributed by atoms with E-state index in [4.69, 9.17) is 10.5 Å². The molecule has 2 nitrogen and oxygen atoms in total. The first-order valence-corrected chi connectivity index (χ1v) is 5.72. The molecule has 0 aromatic heterocycles. The zero-order chi connectivity index (χ0) is 11.8. The quantitative estimate of drug-likeness (QED) is 0.835. The molecule has 1 aliphatic heterocycles. The van der Waals surface area contributed by atoms with Crippen LogP contribution in [0.2, 0.25) is 0 Å². The Morgan fingerprint density at radius 2 is 2.19 bits per heavy atom. The second-order valence-corrected chi connectivity index (χ2v) is 4.95. The molecule has 0 aliphatic carbocycles. The van der Waals surface area contributed by atoms with E-state index in [-0.39, 0.29) is 11.4 Å². The number of rotatable bonds is 2. The molecule has 2 N–H and O–H groups in total. The molecule has 0 radical (unpaired) electrons. The Bertz CT molecular complexity index is 401. The van der Waals surface area contributed by atoms with Crippen molar-refractivity contribution in [3.05, 3.63) is 29.1 Å². The Kier molecular flexibility index (Phi) is 2.89. The van der Waals surface area contributed by atoms with Crippen LogP contribution in [0.4, 0.5) is 4.39 Å². The van der Waals surface area contributed by atoms with Gasteiger partial charge in [0.1, 0.15) is 17.2 Å². The van der Waals surface area contributed by atoms with E-state index in [1.807, 2.05) is 19.9 Å². The topological polar surface area (TPSA) is 35.2 Å². The smallest absolute Gasteiger partial charge is 0.130 e. The molecule has 1 aromatic rings. The molecule has 0 saturated carbocycles. The molecule has 0 spiro atoms. The summed E-state index contributed by atoms with van der Waals surface area (Å²) in [6.45, 7) is 4.53. The van der Waals surface area contributed by atoms with E-state index in [9.17, 15) is 4.39 Å². The van der Waals surface area contributed by atoms with Crippen LogP contribution in [0, 0.1) is 5.82 Å². The molecule has 1 aliphatic rings. The minimum atomic E-state index is -0.207. The summed E-state index contributed by atoms with van der Waals surface area (Å²) in [6, 6.07) is 3.40. The van der Waals surface area contributed by atoms with Gasteiger partial charge in [-0.1, -0.05) is 0 Å². The van der Waals surface area contributed by atoms with E-state index >= 15 is 0 Å². The molecule has 1 heterocycles. The Hall–Kier alpha value is -1.09. The number of hydrogen-bond acceptors (Lipinski definition) is 2. The molecule has 0 atom stereocenters. The summed E-state index contributed by atoms with van der Waals surface area (Å²) >= 11 is 0. The first kappa shape index (κ1) is 11.4. The number of aryl methyl sites for hydroxylation is 1. The summed E-state index contributed by atoms with van der Waals surface area (Å²) in [7, 11) is 0. The van der Waals surface area contributed by atoms with Gasteiger partial charge in [-0.15, -0.1) is 0 Å². The van der Waals surface area contributed by atoms with E-state index < -0.39 is 0 Å². The Morgan fingerprint density at radius 3 is 2.88 bits per heavy atom. The van der Waals surface area contributed by atoms with Gasteiger partial charge in [-0.25, -0.2) is 4.39 Å². The third kappa shape index (κ3) is 2.19. The van der Waals surface area contributed by atoms with Gasteiger partial charge in [0.25, 0.3) is 0 Å². The van der Waals surface area contributed by atoms with Crippen LogP contribution in [0.3, 0.4) is 0 Å². The lowest BCUT2D eigenvalue weighted by atomic mass is 9.93. The Balaban J connectivity index is 2.34. The highest BCUT2D eigenvalue weighted by molar-refractivity contribution is 5.40. The van der Waals surface area contributed by atoms with Crippen LogP contribution in [0.15, 0.2) is 12.1 Å². The highest BCUT2D eigenvalue weighted by atomic mass is 19.1. The van der Waals surface area contributed by atoms with E-state index in [1.54, 1.807) is 0 Å². The SMILES string of the molecule is CC1(C)CCc2cc(CCN)c(F)cc2O1. The summed E-state index contributed by atoms with van der Waals surface area (Å²) in [5.41, 5.74) is 7.06. The van der Waals surface area contributed by atoms with Crippen LogP contribution < -0.4 is 10.5 Å². The Morgan fingerprint density at radius 1 is 1.44 bits per heavy atom. The van der Waals surface area contributed by atoms with E-state index in [0.717, 1.165) is 18.4 Å². The van der Waals surface area contributed by atoms with Crippen LogP contribution in [-0.4, -0.2) is 12.1 Å². The van der Waals surface area contributed by atoms with Crippen molar-refractivity contribution >= 4 is 0 Å². The van der Waals surface area contributed by atoms with Crippen LogP contribution in [0.1, 0.15) is 31.4 Å². The molecule has 1 aromatic carbocycles. The molecule has 0 unspecified atom stereocenters. The minimum Gasteiger partial charge on any atom is -0.487 e. The molecule has 0 bridgehead atoms. The van der Waals surface area contributed by atoms with Gasteiger partial charge in [-0.05, 0) is 56.8 Å². The molecule has 2 rings (SSSR count). The lowest BCUT2D eigenvalue weighted by molar-refractivity contribution is 0.0841. The van der Waals surface area contributed by atoms with E-state index in [1.165, 1.54) is 6.07 Å². The number of nitrogens with two attached hydrogens (primary N) is 1. The molecule has 16 heavy (non-hydrogen) atoms. The summed E-state index contributed by atoms with van der Waals surface area (Å²) in [5.74, 6) is 0.483. The fourth-order valence-electron chi connectivity index (χ4n) is 2.07. The maximum atomic E-state index is 13.7. The van der Waals surface area contributed by atoms with Gasteiger partial charge in [0.15, 0.2) is 0 Å². The maximum absolute atomic E-state index is 13.7. The normalized spacial score (nSPS) is 17.8. The number of benzene rings is 1. The standard InChI is InChI=1S/C13H18FNO/c1-13(2)5-3-10-7-9(4-6-15)11(14)8-12(10)16-13/h7-8H,3-6,15H2,1-2H3. The van der Waals surface area contributed by atoms with Crippen molar-refractivity contribution < 1.29 is 9.13 Å². The van der Waals surface area contributed by atoms with Crippen LogP contribution in [0.25, 0.3) is 0 Å². The minimum absolute atomic E-state index is 0.186. The summed E-state index contributed by atoms with van der Waals surface area (Å²) in [5, 5.41) is 0. The van der Waals surface area contributed by atoms with Crippen molar-refractivity contribution in [3.8, 4) is 5.75 Å². The molecule has 0 amide bonds. The highest BCUT2D eigenvalue weighted by Gasteiger charge is 2.27. The molecule has 3 heteroatoms. The van der Waals surface area contributed by atoms with Crippen molar-refractivity contribution in [1.29, 1.82) is 0 Å². The summed E-state index contributed by atoms with van der Waals surface area (Å²) in [4.78, 5) is 0. The predicted molar refractivity (Wildman–Crippen MR) is 62.2 cm³/mol. The van der Waals surface area contributed by atoms with Gasteiger partial charge in [-0.2, -0.15) is 0 Å². The highest BCUT2D eigenvalue weighted by Crippen LogP contribution is 2.34. The molecular weight excluding hydrogens is 205 g/mol. The average molecular weight is 223 g/mol. The van der Waals surface area contributed by atoms with Crippen molar-refractivity contribution in [2.75, 3.05) is 6.54 Å². The van der Waals surface area contributed by atoms with E-state index in [0.29, 0.717) is 24.3 Å². The van der Waals surface area contributed by atoms with Crippen molar-refractivity contribution in [2.24, 2.45) is 5.73 Å². The number of hydrogen-bond donors (Lipinski definition) is 1. The lowest BCUT2D eigenvalue weighted by Gasteiger charge is -2.32. The second kappa shape index (κ2) is 4.06. The van der Waals surface area contributed by atoms with Crippen LogP contribution in [0.5, 0.6) is 5.75 Å². The fourth-order valence-corrected chi connectivity index (χ4v) is 2.07. The van der Waals surface area contributed by atoms with E-state index in [2.05, 4.69) is 0 Å². The van der Waals surface area contributed by atoms with Gasteiger partial charge in [0.05, 0.1) is 0 Å². The van der Waals surface area contributed by atoms with Gasteiger partial charge in [0, 0.05) is 6.07 Å². The zero-order valence-corrected chi connectivity index (χ0v) is 9.85. The largest absolute Gasteiger partial charge is 0.487 e. The van der Waals surface area contributed by atoms with Gasteiger partial charge < -0.3 is 10.5 Å². The maximum Gasteiger partial charge on any atom is 0.130 e. The molecule has 0 saturated heterocycles. The van der Waals surface area contributed by atoms with Crippen LogP contribution in [-0.2, 0) is 12.8 Å². The third-order valence-electron chi connectivity index (χ3n) is 3.03. The van der Waals surface area contributed by atoms with Crippen molar-refractivity contribution in [3.63, 3.8) is 0 Å². The average Bonchev–Trinajstić information content (AvgIpc) is 2.19. The lowest BCUT2D eigenvalue weighted by Crippen LogP contribution is -2.32. The van der Waals surface area contributed by atoms with Crippen molar-refractivity contribution in [1.82, 2.24) is 0 Å². The zero-order valence-electron chi connectivity index (χ0n) is 9.85. The first-order chi connectivity index (χ1) is 7.52. The Labute approximate surface area is 95.6 Å². The fraction of sp³-hybridized carbons (Fsp3) is 0.538. The van der Waals surface area contributed by atoms with Gasteiger partial charge in [-0.3, -0.25) is 0 Å². The van der Waals surface area contributed by atoms with Gasteiger partial charge >= 0.3 is 0 Å². The predicted octanol–water partition coefficient (Wildman–Crippen LogP) is 2.43. The number of halogens is 1. The number of ether oxygens (including phenoxy) is 1. The molecular formula is C13H18FNO. The van der Waals surface area contributed by atoms with Crippen LogP contribution >= 0.6 is 0 Å². The monoisotopic (exact) mass is 223 g/mol. The number of fused-ring (bicyclic) bond motifs is 1. The second-order valence-electron chi connectivity index (χ2n) is 4.95. The van der Waals surface area contributed by atoms with Crippen molar-refractivity contribution in [2.45, 2.75) is 38.7 Å². The van der Waals surface area contributed by atoms with Gasteiger partial charge in [0.2, 0.25) is 0 Å². The molecule has 88 valence electrons. The molecule has 0 fully saturated rings. The summed E-state index contributed by atoms with van der Waals surface area (Å²) < 4.78 is 19.4. The summed E-state index contributed by atoms with van der Waals surface area (Å²) in [6.07, 6.45) is 2.50. The third-order valence-corrected chi connectivity index (χ3v) is 3.03.